The van der Waals surface area contributed by atoms with Gasteiger partial charge >= 0.3 is 0 Å². The Labute approximate surface area is 55.7 Å². The van der Waals surface area contributed by atoms with Crippen molar-refractivity contribution in [3.05, 3.63) is 36.6 Å². The van der Waals surface area contributed by atoms with Crippen LogP contribution in [0.1, 0.15) is 6.92 Å². The Hall–Kier alpha value is -1.02. The Morgan fingerprint density at radius 2 is 2.33 bits per heavy atom. The molecule has 0 spiro atoms. The van der Waals surface area contributed by atoms with Gasteiger partial charge in [0.1, 0.15) is 0 Å². The van der Waals surface area contributed by atoms with Crippen molar-refractivity contribution < 1.29 is 0 Å². The molecule has 0 saturated carbocycles. The molecule has 0 fully saturated rings. The first-order valence-electron chi connectivity index (χ1n) is 2.77. The summed E-state index contributed by atoms with van der Waals surface area (Å²) in [4.78, 5) is 0. The van der Waals surface area contributed by atoms with Crippen LogP contribution in [-0.4, -0.2) is 0 Å². The molecule has 0 radical (unpaired) electrons. The van der Waals surface area contributed by atoms with Crippen LogP contribution < -0.4 is 11.3 Å². The normalized spacial score (nSPS) is 12.0. The van der Waals surface area contributed by atoms with E-state index in [0.29, 0.717) is 0 Å². The molecule has 0 amide bonds. The fraction of sp³-hybridized carbons (Fsp3) is 0.143. The van der Waals surface area contributed by atoms with E-state index in [9.17, 15) is 0 Å². The molecule has 0 aliphatic heterocycles. The van der Waals surface area contributed by atoms with E-state index in [0.717, 1.165) is 5.70 Å². The average Bonchev–Trinajstić information content (AvgIpc) is 1.91. The molecule has 0 saturated heterocycles. The first-order chi connectivity index (χ1) is 4.35. The molecular weight excluding hydrogens is 112 g/mol. The minimum absolute atomic E-state index is 0.884. The molecular formula is C7H12N2. The maximum Gasteiger partial charge on any atom is 0.0442 e. The zero-order chi connectivity index (χ0) is 7.11. The van der Waals surface area contributed by atoms with E-state index in [1.165, 1.54) is 0 Å². The monoisotopic (exact) mass is 124 g/mol. The van der Waals surface area contributed by atoms with Gasteiger partial charge in [0, 0.05) is 5.70 Å². The first-order valence-corrected chi connectivity index (χ1v) is 2.77. The molecule has 0 aliphatic carbocycles. The molecule has 0 rings (SSSR count). The molecule has 2 nitrogen and oxygen atoms in total. The first kappa shape index (κ1) is 7.98. The molecule has 50 valence electrons. The zero-order valence-electron chi connectivity index (χ0n) is 5.59. The van der Waals surface area contributed by atoms with Crippen molar-refractivity contribution in [2.45, 2.75) is 6.92 Å². The number of rotatable bonds is 3. The second-order valence-electron chi connectivity index (χ2n) is 1.48. The molecule has 0 atom stereocenters. The lowest BCUT2D eigenvalue weighted by atomic mass is 10.4. The molecule has 0 aromatic carbocycles. The zero-order valence-corrected chi connectivity index (χ0v) is 5.59. The van der Waals surface area contributed by atoms with E-state index in [2.05, 4.69) is 12.0 Å². The van der Waals surface area contributed by atoms with E-state index in [1.807, 2.05) is 25.2 Å². The van der Waals surface area contributed by atoms with Gasteiger partial charge in [0.25, 0.3) is 0 Å². The van der Waals surface area contributed by atoms with Crippen molar-refractivity contribution in [3.8, 4) is 0 Å². The summed E-state index contributed by atoms with van der Waals surface area (Å²) in [6, 6.07) is 0. The maximum absolute atomic E-state index is 5.12. The number of nitrogens with one attached hydrogen (secondary N) is 1. The van der Waals surface area contributed by atoms with Crippen molar-refractivity contribution in [2.75, 3.05) is 0 Å². The van der Waals surface area contributed by atoms with Crippen LogP contribution in [0.2, 0.25) is 0 Å². The highest BCUT2D eigenvalue weighted by Crippen LogP contribution is 1.87. The van der Waals surface area contributed by atoms with Crippen LogP contribution >= 0.6 is 0 Å². The van der Waals surface area contributed by atoms with Crippen molar-refractivity contribution in [1.82, 2.24) is 5.43 Å². The lowest BCUT2D eigenvalue weighted by Crippen LogP contribution is -2.19. The summed E-state index contributed by atoms with van der Waals surface area (Å²) >= 11 is 0. The topological polar surface area (TPSA) is 38.0 Å². The van der Waals surface area contributed by atoms with Crippen molar-refractivity contribution in [2.24, 2.45) is 5.84 Å². The Kier molecular flexibility index (Phi) is 4.54. The van der Waals surface area contributed by atoms with Crippen LogP contribution in [0.3, 0.4) is 0 Å². The highest BCUT2D eigenvalue weighted by Gasteiger charge is 1.78. The van der Waals surface area contributed by atoms with Crippen LogP contribution in [0.5, 0.6) is 0 Å². The molecule has 2 heteroatoms. The maximum atomic E-state index is 5.12. The fourth-order valence-corrected chi connectivity index (χ4v) is 0.399. The third kappa shape index (κ3) is 3.55. The number of hydrogen-bond acceptors (Lipinski definition) is 2. The minimum atomic E-state index is 0.884. The summed E-state index contributed by atoms with van der Waals surface area (Å²) < 4.78 is 0. The second kappa shape index (κ2) is 5.12. The summed E-state index contributed by atoms with van der Waals surface area (Å²) in [6.07, 6.45) is 7.23. The van der Waals surface area contributed by atoms with Crippen LogP contribution in [0.25, 0.3) is 0 Å². The minimum Gasteiger partial charge on any atom is -0.324 e. The Bertz CT molecular complexity index is 134. The Morgan fingerprint density at radius 3 is 2.67 bits per heavy atom. The van der Waals surface area contributed by atoms with Crippen LogP contribution in [0.4, 0.5) is 0 Å². The second-order valence-corrected chi connectivity index (χ2v) is 1.48. The predicted molar refractivity (Wildman–Crippen MR) is 40.4 cm³/mol. The Balaban J connectivity index is 3.84. The van der Waals surface area contributed by atoms with Crippen LogP contribution in [0.15, 0.2) is 36.6 Å². The van der Waals surface area contributed by atoms with E-state index >= 15 is 0 Å². The van der Waals surface area contributed by atoms with Gasteiger partial charge in [0.15, 0.2) is 0 Å². The summed E-state index contributed by atoms with van der Waals surface area (Å²) in [5, 5.41) is 0. The van der Waals surface area contributed by atoms with Gasteiger partial charge in [-0.3, -0.25) is 5.84 Å². The van der Waals surface area contributed by atoms with E-state index in [4.69, 9.17) is 5.84 Å². The van der Waals surface area contributed by atoms with Gasteiger partial charge in [-0.05, 0) is 13.0 Å². The van der Waals surface area contributed by atoms with Gasteiger partial charge in [-0.1, -0.05) is 24.8 Å². The van der Waals surface area contributed by atoms with Crippen molar-refractivity contribution in [1.29, 1.82) is 0 Å². The van der Waals surface area contributed by atoms with Crippen molar-refractivity contribution >= 4 is 0 Å². The molecule has 0 bridgehead atoms. The third-order valence-electron chi connectivity index (χ3n) is 0.890. The number of hydrazine groups is 1. The van der Waals surface area contributed by atoms with Gasteiger partial charge in [0.2, 0.25) is 0 Å². The van der Waals surface area contributed by atoms with Gasteiger partial charge in [-0.25, -0.2) is 0 Å². The van der Waals surface area contributed by atoms with E-state index < -0.39 is 0 Å². The van der Waals surface area contributed by atoms with Crippen molar-refractivity contribution in [3.63, 3.8) is 0 Å². The SMILES string of the molecule is C=C/C=C\C(=C/C)NN. The molecule has 0 heterocycles. The van der Waals surface area contributed by atoms with Crippen LogP contribution in [0, 0.1) is 0 Å². The summed E-state index contributed by atoms with van der Waals surface area (Å²) in [5.74, 6) is 5.12. The molecule has 9 heavy (non-hydrogen) atoms. The molecule has 0 unspecified atom stereocenters. The van der Waals surface area contributed by atoms with Gasteiger partial charge in [-0.2, -0.15) is 0 Å². The average molecular weight is 124 g/mol. The molecule has 0 aromatic rings. The number of hydrogen-bond donors (Lipinski definition) is 2. The van der Waals surface area contributed by atoms with Crippen LogP contribution in [-0.2, 0) is 0 Å². The smallest absolute Gasteiger partial charge is 0.0442 e. The molecule has 3 N–H and O–H groups in total. The Morgan fingerprint density at radius 1 is 1.67 bits per heavy atom. The predicted octanol–water partition coefficient (Wildman–Crippen LogP) is 1.10. The number of allylic oxidation sites excluding steroid dienone is 4. The third-order valence-corrected chi connectivity index (χ3v) is 0.890. The standard InChI is InChI=1S/C7H12N2/c1-3-5-6-7(4-2)9-8/h3-6,9H,1,8H2,2H3/b6-5-,7-4+. The largest absolute Gasteiger partial charge is 0.324 e. The lowest BCUT2D eigenvalue weighted by molar-refractivity contribution is 0.913. The van der Waals surface area contributed by atoms with E-state index in [-0.39, 0.29) is 0 Å². The van der Waals surface area contributed by atoms with Gasteiger partial charge in [0.05, 0.1) is 0 Å². The van der Waals surface area contributed by atoms with Gasteiger partial charge in [-0.15, -0.1) is 0 Å². The summed E-state index contributed by atoms with van der Waals surface area (Å²) in [7, 11) is 0. The lowest BCUT2D eigenvalue weighted by Gasteiger charge is -1.95. The quantitative estimate of drug-likeness (QED) is 0.336. The summed E-state index contributed by atoms with van der Waals surface area (Å²) in [5.41, 5.74) is 3.40. The molecule has 0 aromatic heterocycles. The van der Waals surface area contributed by atoms with Gasteiger partial charge < -0.3 is 5.43 Å². The van der Waals surface area contributed by atoms with E-state index in [1.54, 1.807) is 6.08 Å². The highest BCUT2D eigenvalue weighted by molar-refractivity contribution is 5.18. The number of nitrogens with two attached hydrogens (primary N) is 1. The highest BCUT2D eigenvalue weighted by atomic mass is 15.2. The molecule has 0 aliphatic rings. The fourth-order valence-electron chi connectivity index (χ4n) is 0.399. The summed E-state index contributed by atoms with van der Waals surface area (Å²) in [6.45, 7) is 5.42.